The van der Waals surface area contributed by atoms with Gasteiger partial charge < -0.3 is 14.2 Å². The summed E-state index contributed by atoms with van der Waals surface area (Å²) in [7, 11) is 1.40. The largest absolute Gasteiger partial charge is 0.494 e. The lowest BCUT2D eigenvalue weighted by molar-refractivity contribution is 0.0702. The van der Waals surface area contributed by atoms with E-state index in [0.29, 0.717) is 18.7 Å². The molecule has 0 radical (unpaired) electrons. The molecule has 4 rings (SSSR count). The van der Waals surface area contributed by atoms with Crippen LogP contribution in [0.5, 0.6) is 5.75 Å². The summed E-state index contributed by atoms with van der Waals surface area (Å²) in [6.07, 6.45) is 4.03. The van der Waals surface area contributed by atoms with Gasteiger partial charge in [-0.05, 0) is 37.5 Å². The van der Waals surface area contributed by atoms with Gasteiger partial charge in [0.1, 0.15) is 11.6 Å². The molecule has 0 bridgehead atoms. The van der Waals surface area contributed by atoms with Gasteiger partial charge in [-0.25, -0.2) is 4.39 Å². The molecule has 1 unspecified atom stereocenters. The van der Waals surface area contributed by atoms with E-state index in [0.717, 1.165) is 43.9 Å². The summed E-state index contributed by atoms with van der Waals surface area (Å²) in [5, 5.41) is 8.66. The van der Waals surface area contributed by atoms with Gasteiger partial charge in [-0.15, -0.1) is 10.2 Å². The molecule has 0 N–H and O–H groups in total. The number of aromatic nitrogens is 3. The average Bonchev–Trinajstić information content (AvgIpc) is 3.25. The van der Waals surface area contributed by atoms with E-state index in [1.807, 2.05) is 4.90 Å². The number of halogens is 1. The minimum Gasteiger partial charge on any atom is -0.494 e. The highest BCUT2D eigenvalue weighted by Gasteiger charge is 2.30. The Labute approximate surface area is 145 Å². The molecular weight excluding hydrogens is 323 g/mol. The van der Waals surface area contributed by atoms with Crippen molar-refractivity contribution in [1.29, 1.82) is 0 Å². The van der Waals surface area contributed by atoms with Crippen molar-refractivity contribution in [2.75, 3.05) is 20.2 Å². The fourth-order valence-electron chi connectivity index (χ4n) is 3.82. The number of amides is 1. The Morgan fingerprint density at radius 3 is 3.00 bits per heavy atom. The molecule has 132 valence electrons. The maximum Gasteiger partial charge on any atom is 0.254 e. The zero-order chi connectivity index (χ0) is 17.4. The third-order valence-electron chi connectivity index (χ3n) is 5.11. The van der Waals surface area contributed by atoms with Crippen LogP contribution in [-0.4, -0.2) is 45.8 Å². The Morgan fingerprint density at radius 2 is 2.16 bits per heavy atom. The molecule has 25 heavy (non-hydrogen) atoms. The summed E-state index contributed by atoms with van der Waals surface area (Å²) in [6, 6.07) is 4.26. The van der Waals surface area contributed by atoms with E-state index in [1.165, 1.54) is 25.3 Å². The average molecular weight is 344 g/mol. The maximum absolute atomic E-state index is 13.6. The lowest BCUT2D eigenvalue weighted by atomic mass is 9.96. The molecule has 1 saturated heterocycles. The number of hydrogen-bond acceptors (Lipinski definition) is 4. The number of methoxy groups -OCH3 is 1. The molecule has 0 saturated carbocycles. The van der Waals surface area contributed by atoms with Crippen molar-refractivity contribution in [3.63, 3.8) is 0 Å². The van der Waals surface area contributed by atoms with Gasteiger partial charge in [-0.1, -0.05) is 0 Å². The van der Waals surface area contributed by atoms with Crippen molar-refractivity contribution in [2.24, 2.45) is 0 Å². The van der Waals surface area contributed by atoms with Gasteiger partial charge in [0.05, 0.1) is 7.11 Å². The van der Waals surface area contributed by atoms with E-state index in [-0.39, 0.29) is 17.6 Å². The van der Waals surface area contributed by atoms with Crippen LogP contribution >= 0.6 is 0 Å². The number of fused-ring (bicyclic) bond motifs is 1. The highest BCUT2D eigenvalue weighted by atomic mass is 19.1. The normalized spacial score (nSPS) is 19.8. The third-order valence-corrected chi connectivity index (χ3v) is 5.11. The monoisotopic (exact) mass is 344 g/mol. The van der Waals surface area contributed by atoms with E-state index in [9.17, 15) is 9.18 Å². The molecule has 1 amide bonds. The van der Waals surface area contributed by atoms with E-state index in [1.54, 1.807) is 0 Å². The molecule has 0 spiro atoms. The summed E-state index contributed by atoms with van der Waals surface area (Å²) in [4.78, 5) is 14.7. The zero-order valence-electron chi connectivity index (χ0n) is 14.2. The summed E-state index contributed by atoms with van der Waals surface area (Å²) < 4.78 is 20.8. The Morgan fingerprint density at radius 1 is 1.28 bits per heavy atom. The van der Waals surface area contributed by atoms with E-state index >= 15 is 0 Å². The van der Waals surface area contributed by atoms with Gasteiger partial charge in [0.25, 0.3) is 5.91 Å². The van der Waals surface area contributed by atoms with Crippen LogP contribution in [0.3, 0.4) is 0 Å². The SMILES string of the molecule is COc1cc(C(=O)N2CCCC(c3nnc4n3CCC4)C2)ccc1F. The summed E-state index contributed by atoms with van der Waals surface area (Å²) >= 11 is 0. The van der Waals surface area contributed by atoms with Crippen LogP contribution in [0, 0.1) is 5.82 Å². The molecule has 3 heterocycles. The van der Waals surface area contributed by atoms with Gasteiger partial charge in [-0.2, -0.15) is 0 Å². The predicted octanol–water partition coefficient (Wildman–Crippen LogP) is 2.39. The molecule has 1 aromatic carbocycles. The van der Waals surface area contributed by atoms with E-state index < -0.39 is 5.82 Å². The van der Waals surface area contributed by atoms with Crippen LogP contribution in [0.15, 0.2) is 18.2 Å². The number of benzene rings is 1. The number of ether oxygens (including phenoxy) is 1. The van der Waals surface area contributed by atoms with E-state index in [2.05, 4.69) is 14.8 Å². The second-order valence-corrected chi connectivity index (χ2v) is 6.67. The fourth-order valence-corrected chi connectivity index (χ4v) is 3.82. The first kappa shape index (κ1) is 16.1. The molecular formula is C18H21FN4O2. The summed E-state index contributed by atoms with van der Waals surface area (Å²) in [5.74, 6) is 1.80. The van der Waals surface area contributed by atoms with Gasteiger partial charge in [-0.3, -0.25) is 4.79 Å². The molecule has 6 nitrogen and oxygen atoms in total. The number of aryl methyl sites for hydroxylation is 1. The molecule has 2 aliphatic heterocycles. The second-order valence-electron chi connectivity index (χ2n) is 6.67. The molecule has 0 aliphatic carbocycles. The quantitative estimate of drug-likeness (QED) is 0.858. The standard InChI is InChI=1S/C18H21FN4O2/c1-25-15-10-12(6-7-14(15)19)18(24)22-8-2-4-13(11-22)17-21-20-16-5-3-9-23(16)17/h6-7,10,13H,2-5,8-9,11H2,1H3. The van der Waals surface area contributed by atoms with Crippen LogP contribution in [0.25, 0.3) is 0 Å². The number of rotatable bonds is 3. The number of likely N-dealkylation sites (tertiary alicyclic amines) is 1. The van der Waals surface area contributed by atoms with Gasteiger partial charge in [0.2, 0.25) is 0 Å². The van der Waals surface area contributed by atoms with Crippen molar-refractivity contribution >= 4 is 5.91 Å². The van der Waals surface area contributed by atoms with Crippen LogP contribution < -0.4 is 4.74 Å². The molecule has 7 heteroatoms. The van der Waals surface area contributed by atoms with Crippen molar-refractivity contribution in [1.82, 2.24) is 19.7 Å². The molecule has 1 atom stereocenters. The van der Waals surface area contributed by atoms with Crippen molar-refractivity contribution in [3.05, 3.63) is 41.2 Å². The number of carbonyl (C=O) groups is 1. The molecule has 2 aromatic rings. The Kier molecular flexibility index (Phi) is 4.15. The third kappa shape index (κ3) is 2.88. The first-order chi connectivity index (χ1) is 12.2. The topological polar surface area (TPSA) is 60.2 Å². The number of carbonyl (C=O) groups excluding carboxylic acids is 1. The molecule has 1 aromatic heterocycles. The minimum absolute atomic E-state index is 0.0923. The lowest BCUT2D eigenvalue weighted by Crippen LogP contribution is -2.39. The Balaban J connectivity index is 1.53. The van der Waals surface area contributed by atoms with Crippen LogP contribution in [-0.2, 0) is 13.0 Å². The maximum atomic E-state index is 13.6. The van der Waals surface area contributed by atoms with Gasteiger partial charge >= 0.3 is 0 Å². The Bertz CT molecular complexity index is 804. The van der Waals surface area contributed by atoms with Crippen LogP contribution in [0.4, 0.5) is 4.39 Å². The first-order valence-electron chi connectivity index (χ1n) is 8.72. The highest BCUT2D eigenvalue weighted by molar-refractivity contribution is 5.94. The van der Waals surface area contributed by atoms with Gasteiger partial charge in [0.15, 0.2) is 11.6 Å². The lowest BCUT2D eigenvalue weighted by Gasteiger charge is -2.32. The van der Waals surface area contributed by atoms with Gasteiger partial charge in [0, 0.05) is 37.5 Å². The number of piperidine rings is 1. The van der Waals surface area contributed by atoms with Crippen molar-refractivity contribution in [3.8, 4) is 5.75 Å². The second kappa shape index (κ2) is 6.46. The number of hydrogen-bond donors (Lipinski definition) is 0. The first-order valence-corrected chi connectivity index (χ1v) is 8.72. The Hall–Kier alpha value is -2.44. The predicted molar refractivity (Wildman–Crippen MR) is 89.2 cm³/mol. The summed E-state index contributed by atoms with van der Waals surface area (Å²) in [6.45, 7) is 2.30. The van der Waals surface area contributed by atoms with Crippen LogP contribution in [0.1, 0.15) is 47.2 Å². The van der Waals surface area contributed by atoms with E-state index in [4.69, 9.17) is 4.74 Å². The fraction of sp³-hybridized carbons (Fsp3) is 0.500. The molecule has 1 fully saturated rings. The highest BCUT2D eigenvalue weighted by Crippen LogP contribution is 2.29. The van der Waals surface area contributed by atoms with Crippen molar-refractivity contribution < 1.29 is 13.9 Å². The minimum atomic E-state index is -0.463. The zero-order valence-corrected chi connectivity index (χ0v) is 14.2. The molecule has 2 aliphatic rings. The van der Waals surface area contributed by atoms with Crippen molar-refractivity contribution in [2.45, 2.75) is 38.1 Å². The van der Waals surface area contributed by atoms with Crippen LogP contribution in [0.2, 0.25) is 0 Å². The number of nitrogens with zero attached hydrogens (tertiary/aromatic N) is 4. The smallest absolute Gasteiger partial charge is 0.254 e. The summed E-state index contributed by atoms with van der Waals surface area (Å²) in [5.41, 5.74) is 0.449.